The van der Waals surface area contributed by atoms with Crippen LogP contribution in [0.2, 0.25) is 0 Å². The summed E-state index contributed by atoms with van der Waals surface area (Å²) in [5.41, 5.74) is 8.65. The van der Waals surface area contributed by atoms with Crippen LogP contribution in [-0.4, -0.2) is 4.98 Å². The first-order valence-corrected chi connectivity index (χ1v) is 9.64. The van der Waals surface area contributed by atoms with Crippen molar-refractivity contribution < 1.29 is 8.98 Å². The van der Waals surface area contributed by atoms with Gasteiger partial charge in [0.05, 0.1) is 11.3 Å². The summed E-state index contributed by atoms with van der Waals surface area (Å²) in [5.74, 6) is 0. The van der Waals surface area contributed by atoms with Gasteiger partial charge in [-0.05, 0) is 30.7 Å². The van der Waals surface area contributed by atoms with Gasteiger partial charge in [0, 0.05) is 41.0 Å². The number of rotatable bonds is 1. The molecule has 0 N–H and O–H groups in total. The van der Waals surface area contributed by atoms with Gasteiger partial charge in [0.2, 0.25) is 11.4 Å². The smallest absolute Gasteiger partial charge is 0.227 e. The van der Waals surface area contributed by atoms with Crippen molar-refractivity contribution in [1.29, 1.82) is 0 Å². The molecule has 0 fully saturated rings. The normalized spacial score (nSPS) is 15.1. The fraction of sp³-hybridized carbons (Fsp3) is 0.120. The van der Waals surface area contributed by atoms with E-state index in [-0.39, 0.29) is 0 Å². The zero-order chi connectivity index (χ0) is 18.8. The number of hydrogen-bond acceptors (Lipinski definition) is 2. The van der Waals surface area contributed by atoms with Crippen molar-refractivity contribution in [2.24, 2.45) is 0 Å². The lowest BCUT2D eigenvalue weighted by atomic mass is 10.00. The van der Waals surface area contributed by atoms with Crippen LogP contribution in [0.4, 0.5) is 0 Å². The Labute approximate surface area is 162 Å². The zero-order valence-corrected chi connectivity index (χ0v) is 15.8. The molecule has 0 radical (unpaired) electrons. The first-order valence-electron chi connectivity index (χ1n) is 9.64. The Kier molecular flexibility index (Phi) is 3.07. The Balaban J connectivity index is 1.65. The number of hydrogen-bond donors (Lipinski definition) is 0. The standard InChI is InChI=1S/C25H19N2O/c1-15-12-13-27-16(2)18-8-9-19-20-10-11-21(17-6-4-3-5-7-17)26-25(20)28-24(19)23(18)22(27)14-15/h3-14,16H,1-2H3/q+1. The molecule has 3 aromatic heterocycles. The molecule has 3 heteroatoms. The molecule has 1 atom stereocenters. The molecular formula is C25H19N2O+. The van der Waals surface area contributed by atoms with E-state index in [0.29, 0.717) is 11.8 Å². The summed E-state index contributed by atoms with van der Waals surface area (Å²) in [6.07, 6.45) is 2.18. The number of furan rings is 1. The number of aromatic nitrogens is 2. The minimum absolute atomic E-state index is 0.302. The monoisotopic (exact) mass is 363 g/mol. The van der Waals surface area contributed by atoms with Crippen molar-refractivity contribution in [1.82, 2.24) is 4.98 Å². The quantitative estimate of drug-likeness (QED) is 0.351. The Hall–Kier alpha value is -3.46. The molecule has 1 aliphatic heterocycles. The van der Waals surface area contributed by atoms with Gasteiger partial charge in [-0.15, -0.1) is 0 Å². The maximum atomic E-state index is 6.38. The van der Waals surface area contributed by atoms with Crippen LogP contribution in [0, 0.1) is 6.92 Å². The van der Waals surface area contributed by atoms with E-state index in [2.05, 4.69) is 73.1 Å². The van der Waals surface area contributed by atoms with Crippen molar-refractivity contribution >= 4 is 22.1 Å². The second kappa shape index (κ2) is 5.52. The average Bonchev–Trinajstić information content (AvgIpc) is 3.23. The topological polar surface area (TPSA) is 29.9 Å². The van der Waals surface area contributed by atoms with Gasteiger partial charge in [-0.25, -0.2) is 4.98 Å². The summed E-state index contributed by atoms with van der Waals surface area (Å²) in [6.45, 7) is 4.38. The van der Waals surface area contributed by atoms with Crippen LogP contribution in [0.3, 0.4) is 0 Å². The Morgan fingerprint density at radius 2 is 1.75 bits per heavy atom. The maximum Gasteiger partial charge on any atom is 0.227 e. The maximum absolute atomic E-state index is 6.38. The number of benzene rings is 2. The molecule has 0 aliphatic carbocycles. The van der Waals surface area contributed by atoms with Gasteiger partial charge in [0.1, 0.15) is 0 Å². The molecular weight excluding hydrogens is 344 g/mol. The Morgan fingerprint density at radius 1 is 0.929 bits per heavy atom. The van der Waals surface area contributed by atoms with E-state index in [9.17, 15) is 0 Å². The SMILES string of the molecule is Cc1cc[n+]2c(c1)-c1c(ccc3c1oc1nc(-c4ccccc4)ccc13)C2C. The summed E-state index contributed by atoms with van der Waals surface area (Å²) in [5, 5.41) is 2.19. The summed E-state index contributed by atoms with van der Waals surface area (Å²) >= 11 is 0. The van der Waals surface area contributed by atoms with E-state index in [0.717, 1.165) is 27.6 Å². The van der Waals surface area contributed by atoms with Crippen molar-refractivity contribution in [3.05, 3.63) is 84.1 Å². The lowest BCUT2D eigenvalue weighted by Gasteiger charge is -2.00. The predicted molar refractivity (Wildman–Crippen MR) is 111 cm³/mol. The van der Waals surface area contributed by atoms with Crippen LogP contribution in [0.15, 0.2) is 77.3 Å². The van der Waals surface area contributed by atoms with E-state index in [4.69, 9.17) is 9.40 Å². The molecule has 0 spiro atoms. The summed E-state index contributed by atoms with van der Waals surface area (Å²) in [7, 11) is 0. The summed E-state index contributed by atoms with van der Waals surface area (Å²) in [4.78, 5) is 4.83. The van der Waals surface area contributed by atoms with E-state index < -0.39 is 0 Å². The highest BCUT2D eigenvalue weighted by atomic mass is 16.3. The molecule has 2 aromatic carbocycles. The average molecular weight is 363 g/mol. The second-order valence-corrected chi connectivity index (χ2v) is 7.60. The van der Waals surface area contributed by atoms with Crippen molar-refractivity contribution in [3.8, 4) is 22.5 Å². The number of pyridine rings is 2. The molecule has 5 aromatic rings. The predicted octanol–water partition coefficient (Wildman–Crippen LogP) is 5.83. The lowest BCUT2D eigenvalue weighted by molar-refractivity contribution is -0.694. The molecule has 28 heavy (non-hydrogen) atoms. The Morgan fingerprint density at radius 3 is 2.61 bits per heavy atom. The first kappa shape index (κ1) is 15.6. The van der Waals surface area contributed by atoms with Crippen molar-refractivity contribution in [3.63, 3.8) is 0 Å². The zero-order valence-electron chi connectivity index (χ0n) is 15.8. The van der Waals surface area contributed by atoms with E-state index in [1.165, 1.54) is 22.4 Å². The van der Waals surface area contributed by atoms with Crippen LogP contribution < -0.4 is 4.57 Å². The van der Waals surface area contributed by atoms with Gasteiger partial charge in [-0.2, -0.15) is 4.57 Å². The molecule has 6 rings (SSSR count). The second-order valence-electron chi connectivity index (χ2n) is 7.60. The highest BCUT2D eigenvalue weighted by molar-refractivity contribution is 6.09. The fourth-order valence-corrected chi connectivity index (χ4v) is 4.42. The first-order chi connectivity index (χ1) is 13.7. The molecule has 0 saturated heterocycles. The van der Waals surface area contributed by atoms with Crippen LogP contribution in [0.25, 0.3) is 44.6 Å². The third-order valence-electron chi connectivity index (χ3n) is 5.87. The minimum Gasteiger partial charge on any atom is -0.437 e. The van der Waals surface area contributed by atoms with Crippen LogP contribution >= 0.6 is 0 Å². The highest BCUT2D eigenvalue weighted by Crippen LogP contribution is 2.42. The van der Waals surface area contributed by atoms with Crippen LogP contribution in [0.1, 0.15) is 24.1 Å². The number of aryl methyl sites for hydroxylation is 1. The molecule has 1 aliphatic rings. The molecule has 1 unspecified atom stereocenters. The number of nitrogens with zero attached hydrogens (tertiary/aromatic N) is 2. The van der Waals surface area contributed by atoms with E-state index >= 15 is 0 Å². The third-order valence-corrected chi connectivity index (χ3v) is 5.87. The summed E-state index contributed by atoms with van der Waals surface area (Å²) in [6, 6.07) is 23.6. The minimum atomic E-state index is 0.302. The molecule has 134 valence electrons. The largest absolute Gasteiger partial charge is 0.437 e. The van der Waals surface area contributed by atoms with E-state index in [1.807, 2.05) is 18.2 Å². The van der Waals surface area contributed by atoms with Gasteiger partial charge in [-0.3, -0.25) is 0 Å². The third kappa shape index (κ3) is 2.04. The molecule has 0 amide bonds. The molecule has 3 nitrogen and oxygen atoms in total. The van der Waals surface area contributed by atoms with Gasteiger partial charge < -0.3 is 4.42 Å². The van der Waals surface area contributed by atoms with E-state index in [1.54, 1.807) is 0 Å². The van der Waals surface area contributed by atoms with Gasteiger partial charge in [0.25, 0.3) is 0 Å². The van der Waals surface area contributed by atoms with Gasteiger partial charge in [-0.1, -0.05) is 36.4 Å². The van der Waals surface area contributed by atoms with Gasteiger partial charge >= 0.3 is 0 Å². The number of fused-ring (bicyclic) bond motifs is 7. The molecule has 4 heterocycles. The van der Waals surface area contributed by atoms with Gasteiger partial charge in [0.15, 0.2) is 17.8 Å². The Bertz CT molecular complexity index is 1380. The molecule has 0 bridgehead atoms. The highest BCUT2D eigenvalue weighted by Gasteiger charge is 2.36. The molecule has 0 saturated carbocycles. The summed E-state index contributed by atoms with van der Waals surface area (Å²) < 4.78 is 8.70. The van der Waals surface area contributed by atoms with Crippen molar-refractivity contribution in [2.45, 2.75) is 19.9 Å². The van der Waals surface area contributed by atoms with Crippen molar-refractivity contribution in [2.75, 3.05) is 0 Å². The fourth-order valence-electron chi connectivity index (χ4n) is 4.42. The lowest BCUT2D eigenvalue weighted by Crippen LogP contribution is -2.35. The van der Waals surface area contributed by atoms with Crippen LogP contribution in [-0.2, 0) is 0 Å². The van der Waals surface area contributed by atoms with Crippen LogP contribution in [0.5, 0.6) is 0 Å².